The van der Waals surface area contributed by atoms with Crippen molar-refractivity contribution in [3.63, 3.8) is 0 Å². The van der Waals surface area contributed by atoms with Crippen LogP contribution in [0.2, 0.25) is 5.02 Å². The molecule has 1 aliphatic rings. The lowest BCUT2D eigenvalue weighted by atomic mass is 10.1. The van der Waals surface area contributed by atoms with Gasteiger partial charge in [-0.25, -0.2) is 4.79 Å². The predicted octanol–water partition coefficient (Wildman–Crippen LogP) is 4.84. The maximum Gasteiger partial charge on any atom is 0.331 e. The first kappa shape index (κ1) is 17.2. The van der Waals surface area contributed by atoms with Crippen LogP contribution < -0.4 is 4.90 Å². The molecule has 1 aromatic rings. The quantitative estimate of drug-likeness (QED) is 0.773. The molecule has 0 atom stereocenters. The molecule has 1 aliphatic heterocycles. The van der Waals surface area contributed by atoms with Gasteiger partial charge in [-0.2, -0.15) is 0 Å². The number of aliphatic imine (C=N–C) groups is 1. The van der Waals surface area contributed by atoms with Gasteiger partial charge in [0.05, 0.1) is 11.4 Å². The van der Waals surface area contributed by atoms with Crippen molar-refractivity contribution in [1.29, 1.82) is 0 Å². The molecule has 22 heavy (non-hydrogen) atoms. The first-order chi connectivity index (χ1) is 10.2. The minimum atomic E-state index is -0.214. The zero-order valence-corrected chi connectivity index (χ0v) is 15.2. The van der Waals surface area contributed by atoms with Crippen molar-refractivity contribution in [1.82, 2.24) is 4.90 Å². The molecule has 0 aromatic heterocycles. The number of carbonyl (C=O) groups excluding carboxylic acids is 1. The van der Waals surface area contributed by atoms with Gasteiger partial charge in [0.15, 0.2) is 5.17 Å². The molecule has 2 rings (SSSR count). The van der Waals surface area contributed by atoms with Gasteiger partial charge in [-0.3, -0.25) is 14.8 Å². The van der Waals surface area contributed by atoms with Crippen molar-refractivity contribution in [3.05, 3.63) is 29.3 Å². The topological polar surface area (TPSA) is 35.9 Å². The van der Waals surface area contributed by atoms with E-state index in [1.807, 2.05) is 52.8 Å². The molecule has 0 N–H and O–H groups in total. The normalized spacial score (nSPS) is 18.5. The first-order valence-corrected chi connectivity index (χ1v) is 8.64. The number of thioether (sulfide) groups is 1. The summed E-state index contributed by atoms with van der Waals surface area (Å²) in [5.41, 5.74) is 0.596. The first-order valence-electron chi connectivity index (χ1n) is 7.28. The predicted molar refractivity (Wildman–Crippen MR) is 95.9 cm³/mol. The van der Waals surface area contributed by atoms with Crippen molar-refractivity contribution in [2.75, 3.05) is 10.8 Å². The molecule has 1 aromatic carbocycles. The number of amidine groups is 1. The van der Waals surface area contributed by atoms with E-state index in [2.05, 4.69) is 0 Å². The molecule has 0 aliphatic carbocycles. The number of anilines is 1. The number of nitrogens with zero attached hydrogens (tertiary/aromatic N) is 3. The highest BCUT2D eigenvalue weighted by atomic mass is 35.5. The number of urea groups is 1. The molecule has 0 bridgehead atoms. The van der Waals surface area contributed by atoms with Crippen LogP contribution in [-0.2, 0) is 0 Å². The molecule has 0 saturated carbocycles. The van der Waals surface area contributed by atoms with Gasteiger partial charge in [0.25, 0.3) is 0 Å². The maximum atomic E-state index is 12.9. The summed E-state index contributed by atoms with van der Waals surface area (Å²) in [5, 5.41) is 1.41. The number of hydrogen-bond donors (Lipinski definition) is 0. The van der Waals surface area contributed by atoms with Gasteiger partial charge >= 0.3 is 6.03 Å². The molecule has 0 unspecified atom stereocenters. The van der Waals surface area contributed by atoms with E-state index < -0.39 is 0 Å². The molecule has 0 spiro atoms. The number of halogens is 1. The van der Waals surface area contributed by atoms with E-state index in [-0.39, 0.29) is 17.6 Å². The Balaban J connectivity index is 2.35. The lowest BCUT2D eigenvalue weighted by Gasteiger charge is -2.38. The van der Waals surface area contributed by atoms with Crippen molar-refractivity contribution in [2.24, 2.45) is 4.99 Å². The van der Waals surface area contributed by atoms with Crippen molar-refractivity contribution in [3.8, 4) is 0 Å². The molecule has 2 amide bonds. The highest BCUT2D eigenvalue weighted by Gasteiger charge is 2.34. The standard InChI is InChI=1S/C16H22ClN3OS/c1-11(2)20-14(18-16(3,4)5)22-10-19(15(20)21)13-8-6-7-12(17)9-13/h6-9,11H,10H2,1-5H3/b18-14-. The van der Waals surface area contributed by atoms with Crippen LogP contribution in [0.4, 0.5) is 10.5 Å². The second-order valence-electron chi connectivity index (χ2n) is 6.49. The Morgan fingerprint density at radius 3 is 2.55 bits per heavy atom. The third-order valence-electron chi connectivity index (χ3n) is 3.03. The van der Waals surface area contributed by atoms with Gasteiger partial charge in [-0.15, -0.1) is 0 Å². The summed E-state index contributed by atoms with van der Waals surface area (Å²) in [4.78, 5) is 21.1. The van der Waals surface area contributed by atoms with Gasteiger partial charge in [0.2, 0.25) is 0 Å². The van der Waals surface area contributed by atoms with Gasteiger partial charge in [-0.05, 0) is 52.8 Å². The maximum absolute atomic E-state index is 12.9. The number of carbonyl (C=O) groups is 1. The monoisotopic (exact) mass is 339 g/mol. The summed E-state index contributed by atoms with van der Waals surface area (Å²) in [6.45, 7) is 10.1. The van der Waals surface area contributed by atoms with Crippen LogP contribution >= 0.6 is 23.4 Å². The minimum absolute atomic E-state index is 0.0445. The van der Waals surface area contributed by atoms with Gasteiger partial charge < -0.3 is 0 Å². The van der Waals surface area contributed by atoms with Crippen LogP contribution in [0.5, 0.6) is 0 Å². The summed E-state index contributed by atoms with van der Waals surface area (Å²) >= 11 is 7.62. The van der Waals surface area contributed by atoms with Crippen LogP contribution in [0.3, 0.4) is 0 Å². The summed E-state index contributed by atoms with van der Waals surface area (Å²) in [5.74, 6) is 0.539. The van der Waals surface area contributed by atoms with Crippen LogP contribution in [0, 0.1) is 0 Å². The van der Waals surface area contributed by atoms with E-state index in [0.29, 0.717) is 10.9 Å². The number of rotatable bonds is 2. The average molecular weight is 340 g/mol. The van der Waals surface area contributed by atoms with Crippen molar-refractivity contribution in [2.45, 2.75) is 46.2 Å². The smallest absolute Gasteiger partial charge is 0.284 e. The Labute approximate surface area is 141 Å². The van der Waals surface area contributed by atoms with Crippen LogP contribution in [0.25, 0.3) is 0 Å². The fraction of sp³-hybridized carbons (Fsp3) is 0.500. The summed E-state index contributed by atoms with van der Waals surface area (Å²) in [6.07, 6.45) is 0. The van der Waals surface area contributed by atoms with E-state index in [0.717, 1.165) is 10.9 Å². The largest absolute Gasteiger partial charge is 0.331 e. The second-order valence-corrected chi connectivity index (χ2v) is 7.84. The Morgan fingerprint density at radius 2 is 2.00 bits per heavy atom. The summed E-state index contributed by atoms with van der Waals surface area (Å²) in [6, 6.07) is 7.36. The molecule has 120 valence electrons. The zero-order chi connectivity index (χ0) is 16.5. The van der Waals surface area contributed by atoms with E-state index >= 15 is 0 Å². The van der Waals surface area contributed by atoms with E-state index in [1.54, 1.807) is 27.6 Å². The molecular weight excluding hydrogens is 318 g/mol. The third kappa shape index (κ3) is 3.96. The van der Waals surface area contributed by atoms with Crippen molar-refractivity contribution < 1.29 is 4.79 Å². The lowest BCUT2D eigenvalue weighted by Crippen LogP contribution is -2.53. The van der Waals surface area contributed by atoms with Crippen LogP contribution in [0.15, 0.2) is 29.3 Å². The Bertz CT molecular complexity index is 595. The lowest BCUT2D eigenvalue weighted by molar-refractivity contribution is 0.220. The SMILES string of the molecule is CC(C)N1C(=O)N(c2cccc(Cl)c2)CS/C1=N\C(C)(C)C. The van der Waals surface area contributed by atoms with E-state index in [1.165, 1.54) is 0 Å². The number of hydrogen-bond acceptors (Lipinski definition) is 3. The Morgan fingerprint density at radius 1 is 1.32 bits per heavy atom. The number of benzene rings is 1. The van der Waals surface area contributed by atoms with Gasteiger partial charge in [0.1, 0.15) is 0 Å². The fourth-order valence-electron chi connectivity index (χ4n) is 2.10. The highest BCUT2D eigenvalue weighted by molar-refractivity contribution is 8.14. The van der Waals surface area contributed by atoms with Gasteiger partial charge in [0, 0.05) is 16.8 Å². The number of amides is 2. The van der Waals surface area contributed by atoms with Gasteiger partial charge in [-0.1, -0.05) is 29.4 Å². The second kappa shape index (κ2) is 6.50. The zero-order valence-electron chi connectivity index (χ0n) is 13.6. The third-order valence-corrected chi connectivity index (χ3v) is 4.20. The Hall–Kier alpha value is -1.20. The van der Waals surface area contributed by atoms with Crippen molar-refractivity contribution >= 4 is 40.2 Å². The molecule has 4 nitrogen and oxygen atoms in total. The summed E-state index contributed by atoms with van der Waals surface area (Å²) < 4.78 is 0. The molecular formula is C16H22ClN3OS. The molecule has 1 fully saturated rings. The van der Waals surface area contributed by atoms with E-state index in [4.69, 9.17) is 16.6 Å². The molecule has 0 radical (unpaired) electrons. The van der Waals surface area contributed by atoms with E-state index in [9.17, 15) is 4.79 Å². The molecule has 6 heteroatoms. The van der Waals surface area contributed by atoms with Crippen LogP contribution in [-0.4, -0.2) is 33.6 Å². The average Bonchev–Trinajstić information content (AvgIpc) is 2.36. The Kier molecular flexibility index (Phi) is 5.07. The minimum Gasteiger partial charge on any atom is -0.284 e. The molecule has 1 heterocycles. The summed E-state index contributed by atoms with van der Waals surface area (Å²) in [7, 11) is 0. The molecule has 1 saturated heterocycles. The van der Waals surface area contributed by atoms with Crippen LogP contribution in [0.1, 0.15) is 34.6 Å². The fourth-order valence-corrected chi connectivity index (χ4v) is 3.56. The highest BCUT2D eigenvalue weighted by Crippen LogP contribution is 2.30.